The molecule has 0 aromatic heterocycles. The van der Waals surface area contributed by atoms with Gasteiger partial charge in [0.1, 0.15) is 15.4 Å². The molecule has 1 rings (SSSR count). The Morgan fingerprint density at radius 1 is 1.24 bits per heavy atom. The Labute approximate surface area is 131 Å². The second-order valence-electron chi connectivity index (χ2n) is 5.35. The van der Waals surface area contributed by atoms with Crippen molar-refractivity contribution in [2.75, 3.05) is 32.8 Å². The van der Waals surface area contributed by atoms with E-state index < -0.39 is 0 Å². The monoisotopic (exact) mass is 314 g/mol. The Kier molecular flexibility index (Phi) is 9.70. The van der Waals surface area contributed by atoms with Gasteiger partial charge in [0.25, 0.3) is 0 Å². The van der Waals surface area contributed by atoms with Crippen LogP contribution in [0, 0.1) is 0 Å². The lowest BCUT2D eigenvalue weighted by Crippen LogP contribution is -2.32. The zero-order chi connectivity index (χ0) is 15.5. The molecule has 0 aromatic rings. The molecule has 0 aromatic carbocycles. The minimum absolute atomic E-state index is 0.0674. The first-order valence-corrected chi connectivity index (χ1v) is 9.38. The molecule has 2 amide bonds. The van der Waals surface area contributed by atoms with E-state index in [4.69, 9.17) is 9.47 Å². The van der Waals surface area contributed by atoms with Crippen molar-refractivity contribution in [3.8, 4) is 0 Å². The molecule has 2 radical (unpaired) electrons. The molecule has 1 N–H and O–H groups in total. The van der Waals surface area contributed by atoms with Crippen molar-refractivity contribution < 1.29 is 14.3 Å². The van der Waals surface area contributed by atoms with Gasteiger partial charge in [0.05, 0.1) is 0 Å². The van der Waals surface area contributed by atoms with Gasteiger partial charge in [0.2, 0.25) is 0 Å². The van der Waals surface area contributed by atoms with Crippen LogP contribution in [0.3, 0.4) is 0 Å². The lowest BCUT2D eigenvalue weighted by atomic mass is 10.2. The van der Waals surface area contributed by atoms with Crippen LogP contribution in [0.2, 0.25) is 5.54 Å². The molecule has 1 aliphatic rings. The first-order valence-electron chi connectivity index (χ1n) is 8.23. The minimum Gasteiger partial charge on any atom is -0.357 e. The third-order valence-corrected chi connectivity index (χ3v) is 5.28. The highest BCUT2D eigenvalue weighted by molar-refractivity contribution is 6.38. The first-order chi connectivity index (χ1) is 10.2. The summed E-state index contributed by atoms with van der Waals surface area (Å²) in [4.78, 5) is 13.5. The maximum absolute atomic E-state index is 11.5. The molecule has 0 bridgehead atoms. The molecule has 1 aliphatic heterocycles. The van der Waals surface area contributed by atoms with Crippen LogP contribution in [0.4, 0.5) is 4.79 Å². The van der Waals surface area contributed by atoms with Crippen LogP contribution in [0.15, 0.2) is 0 Å². The summed E-state index contributed by atoms with van der Waals surface area (Å²) in [5, 5.41) is 2.85. The van der Waals surface area contributed by atoms with Gasteiger partial charge in [-0.05, 0) is 24.8 Å². The standard InChI is InChI=1S/C15H30N2O3Si/c1-4-11-19-15(20-12-5-2)21-13(6-3)7-9-17-10-8-16-14(17)18/h13,15H,4-12H2,1-3H3,(H,16,18). The number of hydrogen-bond acceptors (Lipinski definition) is 3. The fourth-order valence-corrected chi connectivity index (χ4v) is 3.57. The number of urea groups is 1. The Hall–Kier alpha value is -0.593. The minimum atomic E-state index is -0.0674. The molecule has 1 unspecified atom stereocenters. The molecule has 1 heterocycles. The fourth-order valence-electron chi connectivity index (χ4n) is 2.23. The highest BCUT2D eigenvalue weighted by atomic mass is 28.2. The summed E-state index contributed by atoms with van der Waals surface area (Å²) in [6.45, 7) is 10.4. The average Bonchev–Trinajstić information content (AvgIpc) is 2.90. The Morgan fingerprint density at radius 3 is 2.38 bits per heavy atom. The van der Waals surface area contributed by atoms with E-state index in [1.807, 2.05) is 4.90 Å². The van der Waals surface area contributed by atoms with Crippen molar-refractivity contribution in [1.82, 2.24) is 10.2 Å². The third kappa shape index (κ3) is 7.29. The maximum atomic E-state index is 11.5. The van der Waals surface area contributed by atoms with Crippen molar-refractivity contribution in [3.05, 3.63) is 0 Å². The van der Waals surface area contributed by atoms with Gasteiger partial charge < -0.3 is 19.7 Å². The largest absolute Gasteiger partial charge is 0.357 e. The zero-order valence-electron chi connectivity index (χ0n) is 13.7. The van der Waals surface area contributed by atoms with E-state index in [0.717, 1.165) is 58.5 Å². The van der Waals surface area contributed by atoms with Gasteiger partial charge in [0.15, 0.2) is 0 Å². The average molecular weight is 315 g/mol. The Bertz CT molecular complexity index is 284. The molecule has 1 saturated heterocycles. The van der Waals surface area contributed by atoms with Crippen LogP contribution in [-0.4, -0.2) is 59.2 Å². The number of carbonyl (C=O) groups excluding carboxylic acids is 1. The summed E-state index contributed by atoms with van der Waals surface area (Å²) in [5.41, 5.74) is 0.567. The van der Waals surface area contributed by atoms with Crippen LogP contribution in [-0.2, 0) is 9.47 Å². The quantitative estimate of drug-likeness (QED) is 0.445. The summed E-state index contributed by atoms with van der Waals surface area (Å²) in [6.07, 6.45) is 4.17. The number of hydrogen-bond donors (Lipinski definition) is 1. The lowest BCUT2D eigenvalue weighted by Gasteiger charge is -2.24. The van der Waals surface area contributed by atoms with E-state index in [-0.39, 0.29) is 11.9 Å². The van der Waals surface area contributed by atoms with Crippen LogP contribution >= 0.6 is 0 Å². The summed E-state index contributed by atoms with van der Waals surface area (Å²) in [6, 6.07) is 0.0780. The molecule has 0 spiro atoms. The molecule has 0 saturated carbocycles. The van der Waals surface area contributed by atoms with Crippen molar-refractivity contribution in [1.29, 1.82) is 0 Å². The smallest absolute Gasteiger partial charge is 0.317 e. The van der Waals surface area contributed by atoms with E-state index in [1.54, 1.807) is 0 Å². The van der Waals surface area contributed by atoms with E-state index in [2.05, 4.69) is 26.1 Å². The van der Waals surface area contributed by atoms with Crippen molar-refractivity contribution >= 4 is 15.6 Å². The normalized spacial score (nSPS) is 16.6. The predicted octanol–water partition coefficient (Wildman–Crippen LogP) is 2.44. The van der Waals surface area contributed by atoms with Crippen LogP contribution < -0.4 is 5.32 Å². The summed E-state index contributed by atoms with van der Waals surface area (Å²) >= 11 is 0. The highest BCUT2D eigenvalue weighted by Gasteiger charge is 2.22. The van der Waals surface area contributed by atoms with Gasteiger partial charge in [0, 0.05) is 32.8 Å². The fraction of sp³-hybridized carbons (Fsp3) is 0.933. The molecular formula is C15H30N2O3Si. The molecule has 21 heavy (non-hydrogen) atoms. The van der Waals surface area contributed by atoms with Gasteiger partial charge in [-0.1, -0.05) is 27.2 Å². The Morgan fingerprint density at radius 2 is 1.90 bits per heavy atom. The van der Waals surface area contributed by atoms with Crippen LogP contribution in [0.25, 0.3) is 0 Å². The number of carbonyl (C=O) groups is 1. The van der Waals surface area contributed by atoms with Gasteiger partial charge in [-0.25, -0.2) is 4.79 Å². The van der Waals surface area contributed by atoms with Crippen LogP contribution in [0.5, 0.6) is 0 Å². The zero-order valence-corrected chi connectivity index (χ0v) is 14.7. The Balaban J connectivity index is 2.35. The van der Waals surface area contributed by atoms with Crippen LogP contribution in [0.1, 0.15) is 46.5 Å². The molecular weight excluding hydrogens is 284 g/mol. The molecule has 6 heteroatoms. The van der Waals surface area contributed by atoms with Crippen molar-refractivity contribution in [2.45, 2.75) is 57.9 Å². The molecule has 0 aliphatic carbocycles. The van der Waals surface area contributed by atoms with E-state index >= 15 is 0 Å². The van der Waals surface area contributed by atoms with Gasteiger partial charge in [-0.3, -0.25) is 0 Å². The molecule has 1 atom stereocenters. The summed E-state index contributed by atoms with van der Waals surface area (Å²) in [7, 11) is 0.646. The topological polar surface area (TPSA) is 50.8 Å². The molecule has 5 nitrogen and oxygen atoms in total. The number of nitrogens with zero attached hydrogens (tertiary/aromatic N) is 1. The van der Waals surface area contributed by atoms with Gasteiger partial charge in [-0.15, -0.1) is 0 Å². The number of amides is 2. The number of rotatable bonds is 12. The molecule has 1 fully saturated rings. The predicted molar refractivity (Wildman–Crippen MR) is 85.7 cm³/mol. The number of nitrogens with one attached hydrogen (secondary N) is 1. The summed E-state index contributed by atoms with van der Waals surface area (Å²) < 4.78 is 11.6. The van der Waals surface area contributed by atoms with E-state index in [9.17, 15) is 4.79 Å². The number of ether oxygens (including phenoxy) is 2. The van der Waals surface area contributed by atoms with Gasteiger partial charge >= 0.3 is 6.03 Å². The third-order valence-electron chi connectivity index (χ3n) is 3.50. The van der Waals surface area contributed by atoms with Crippen molar-refractivity contribution in [3.63, 3.8) is 0 Å². The second-order valence-corrected chi connectivity index (χ2v) is 6.97. The molecule has 122 valence electrons. The highest BCUT2D eigenvalue weighted by Crippen LogP contribution is 2.18. The van der Waals surface area contributed by atoms with Crippen molar-refractivity contribution in [2.24, 2.45) is 0 Å². The lowest BCUT2D eigenvalue weighted by molar-refractivity contribution is -0.0911. The van der Waals surface area contributed by atoms with Gasteiger partial charge in [-0.2, -0.15) is 0 Å². The summed E-state index contributed by atoms with van der Waals surface area (Å²) in [5.74, 6) is -0.0674. The first kappa shape index (κ1) is 18.5. The SMILES string of the molecule is CCCOC(OCCC)[Si]C(CC)CCN1CCNC1=O. The van der Waals surface area contributed by atoms with E-state index in [0.29, 0.717) is 15.1 Å². The second kappa shape index (κ2) is 11.0. The van der Waals surface area contributed by atoms with E-state index in [1.165, 1.54) is 0 Å². The maximum Gasteiger partial charge on any atom is 0.317 e.